The first kappa shape index (κ1) is 31.0. The van der Waals surface area contributed by atoms with Gasteiger partial charge in [-0.1, -0.05) is 78.4 Å². The quantitative estimate of drug-likeness (QED) is 0.163. The van der Waals surface area contributed by atoms with Gasteiger partial charge in [0, 0.05) is 12.7 Å². The number of thiazole rings is 1. The van der Waals surface area contributed by atoms with Crippen LogP contribution < -0.4 is 24.4 Å². The molecule has 0 fully saturated rings. The van der Waals surface area contributed by atoms with Crippen molar-refractivity contribution in [3.8, 4) is 11.5 Å². The predicted molar refractivity (Wildman–Crippen MR) is 171 cm³/mol. The van der Waals surface area contributed by atoms with Crippen LogP contribution in [0.25, 0.3) is 6.08 Å². The third-order valence-corrected chi connectivity index (χ3v) is 8.09. The van der Waals surface area contributed by atoms with Crippen molar-refractivity contribution in [2.24, 2.45) is 4.99 Å². The molecule has 0 saturated carbocycles. The van der Waals surface area contributed by atoms with Gasteiger partial charge in [-0.05, 0) is 55.7 Å². The number of fused-ring (bicyclic) bond motifs is 1. The fourth-order valence-corrected chi connectivity index (χ4v) is 6.05. The number of rotatable bonds is 12. The molecule has 0 saturated heterocycles. The number of aromatic nitrogens is 1. The van der Waals surface area contributed by atoms with E-state index in [-0.39, 0.29) is 18.8 Å². The lowest BCUT2D eigenvalue weighted by atomic mass is 9.95. The molecule has 9 heteroatoms. The Morgan fingerprint density at radius 2 is 1.77 bits per heavy atom. The normalized spacial score (nSPS) is 14.6. The van der Waals surface area contributed by atoms with Gasteiger partial charge in [0.15, 0.2) is 4.80 Å². The van der Waals surface area contributed by atoms with Crippen molar-refractivity contribution in [1.29, 1.82) is 0 Å². The Balaban J connectivity index is 1.51. The second kappa shape index (κ2) is 14.3. The Kier molecular flexibility index (Phi) is 10.1. The number of hydrogen-bond donors (Lipinski definition) is 0. The lowest BCUT2D eigenvalue weighted by molar-refractivity contribution is -0.140. The molecule has 0 radical (unpaired) electrons. The summed E-state index contributed by atoms with van der Waals surface area (Å²) in [4.78, 5) is 32.7. The third kappa shape index (κ3) is 7.01. The van der Waals surface area contributed by atoms with E-state index in [1.54, 1.807) is 18.6 Å². The second-order valence-electron chi connectivity index (χ2n) is 10.4. The summed E-state index contributed by atoms with van der Waals surface area (Å²) in [7, 11) is 1.54. The van der Waals surface area contributed by atoms with Gasteiger partial charge in [0.05, 0.1) is 29.0 Å². The van der Waals surface area contributed by atoms with Crippen LogP contribution in [0.15, 0.2) is 93.9 Å². The molecular weight excluding hydrogens is 576 g/mol. The molecule has 0 amide bonds. The van der Waals surface area contributed by atoms with E-state index in [1.807, 2.05) is 73.7 Å². The van der Waals surface area contributed by atoms with Crippen molar-refractivity contribution in [1.82, 2.24) is 4.57 Å². The van der Waals surface area contributed by atoms with E-state index in [2.05, 4.69) is 24.0 Å². The maximum absolute atomic E-state index is 14.0. The number of methoxy groups -OCH3 is 1. The Morgan fingerprint density at radius 3 is 2.52 bits per heavy atom. The number of nitrogens with zero attached hydrogens (tertiary/aromatic N) is 2. The Bertz CT molecular complexity index is 1840. The van der Waals surface area contributed by atoms with E-state index in [0.29, 0.717) is 45.1 Å². The number of ether oxygens (including phenoxy) is 4. The lowest BCUT2D eigenvalue weighted by Crippen LogP contribution is -2.40. The summed E-state index contributed by atoms with van der Waals surface area (Å²) in [6.07, 6.45) is 2.65. The summed E-state index contributed by atoms with van der Waals surface area (Å²) < 4.78 is 24.7. The highest BCUT2D eigenvalue weighted by atomic mass is 32.1. The first-order valence-corrected chi connectivity index (χ1v) is 15.4. The SMILES string of the molecule is CCCOc1ccccc1[C@H]1C(C(=O)OCCOC)=C(C)N=c2s/c(=C/c3ccc(OCc4cccc(C)c4)cc3)c(=O)n21. The van der Waals surface area contributed by atoms with Crippen molar-refractivity contribution in [2.75, 3.05) is 26.9 Å². The highest BCUT2D eigenvalue weighted by Gasteiger charge is 2.35. The fourth-order valence-electron chi connectivity index (χ4n) is 5.00. The van der Waals surface area contributed by atoms with E-state index in [1.165, 1.54) is 16.9 Å². The van der Waals surface area contributed by atoms with Crippen LogP contribution in [0.2, 0.25) is 0 Å². The van der Waals surface area contributed by atoms with Gasteiger partial charge in [0.1, 0.15) is 30.8 Å². The molecule has 1 aliphatic rings. The third-order valence-electron chi connectivity index (χ3n) is 7.10. The van der Waals surface area contributed by atoms with Gasteiger partial charge in [-0.15, -0.1) is 0 Å². The minimum atomic E-state index is -0.770. The summed E-state index contributed by atoms with van der Waals surface area (Å²) in [6, 6.07) is 22.5. The lowest BCUT2D eigenvalue weighted by Gasteiger charge is -2.26. The van der Waals surface area contributed by atoms with Crippen LogP contribution in [-0.4, -0.2) is 37.5 Å². The van der Waals surface area contributed by atoms with E-state index in [4.69, 9.17) is 18.9 Å². The zero-order chi connectivity index (χ0) is 31.1. The minimum Gasteiger partial charge on any atom is -0.493 e. The van der Waals surface area contributed by atoms with Crippen LogP contribution in [0.4, 0.5) is 0 Å². The molecule has 1 atom stereocenters. The van der Waals surface area contributed by atoms with Crippen LogP contribution in [0, 0.1) is 6.92 Å². The average Bonchev–Trinajstić information content (AvgIpc) is 3.33. The summed E-state index contributed by atoms with van der Waals surface area (Å²) in [5, 5.41) is 0. The maximum atomic E-state index is 14.0. The summed E-state index contributed by atoms with van der Waals surface area (Å²) >= 11 is 1.28. The van der Waals surface area contributed by atoms with Crippen molar-refractivity contribution in [3.05, 3.63) is 126 Å². The van der Waals surface area contributed by atoms with Gasteiger partial charge in [-0.3, -0.25) is 9.36 Å². The van der Waals surface area contributed by atoms with Crippen LogP contribution in [0.3, 0.4) is 0 Å². The van der Waals surface area contributed by atoms with E-state index in [9.17, 15) is 9.59 Å². The minimum absolute atomic E-state index is 0.0853. The van der Waals surface area contributed by atoms with E-state index in [0.717, 1.165) is 23.3 Å². The Morgan fingerprint density at radius 1 is 0.977 bits per heavy atom. The van der Waals surface area contributed by atoms with Crippen molar-refractivity contribution < 1.29 is 23.7 Å². The standard InChI is InChI=1S/C35H36N2O6S/c1-5-17-41-29-12-7-6-11-28(29)32-31(34(39)42-19-18-40-4)24(3)36-35-37(32)33(38)30(44-35)21-25-13-15-27(16-14-25)43-22-26-10-8-9-23(2)20-26/h6-16,20-21,32H,5,17-19,22H2,1-4H3/b30-21+/t32-/m0/s1. The molecule has 44 heavy (non-hydrogen) atoms. The van der Waals surface area contributed by atoms with Crippen LogP contribution in [-0.2, 0) is 20.9 Å². The molecule has 0 aliphatic carbocycles. The molecule has 3 aromatic carbocycles. The number of carbonyl (C=O) groups is 1. The van der Waals surface area contributed by atoms with Crippen LogP contribution in [0.1, 0.15) is 48.6 Å². The van der Waals surface area contributed by atoms with Crippen molar-refractivity contribution >= 4 is 23.4 Å². The largest absolute Gasteiger partial charge is 0.493 e. The first-order chi connectivity index (χ1) is 21.4. The molecular formula is C35H36N2O6S. The molecule has 0 unspecified atom stereocenters. The zero-order valence-corrected chi connectivity index (χ0v) is 26.2. The number of allylic oxidation sites excluding steroid dienone is 1. The number of carbonyl (C=O) groups excluding carboxylic acids is 1. The molecule has 228 valence electrons. The molecule has 2 heterocycles. The summed E-state index contributed by atoms with van der Waals surface area (Å²) in [5.41, 5.74) is 4.36. The molecule has 0 spiro atoms. The number of benzene rings is 3. The van der Waals surface area contributed by atoms with E-state index < -0.39 is 12.0 Å². The maximum Gasteiger partial charge on any atom is 0.338 e. The van der Waals surface area contributed by atoms with Gasteiger partial charge in [-0.25, -0.2) is 9.79 Å². The highest BCUT2D eigenvalue weighted by molar-refractivity contribution is 7.07. The Hall–Kier alpha value is -4.47. The predicted octanol–water partition coefficient (Wildman–Crippen LogP) is 5.10. The topological polar surface area (TPSA) is 88.4 Å². The van der Waals surface area contributed by atoms with E-state index >= 15 is 0 Å². The average molecular weight is 613 g/mol. The van der Waals surface area contributed by atoms with Gasteiger partial charge in [0.2, 0.25) is 0 Å². The molecule has 4 aromatic rings. The van der Waals surface area contributed by atoms with Gasteiger partial charge >= 0.3 is 5.97 Å². The summed E-state index contributed by atoms with van der Waals surface area (Å²) in [5.74, 6) is 0.794. The molecule has 0 N–H and O–H groups in total. The monoisotopic (exact) mass is 612 g/mol. The number of para-hydroxylation sites is 1. The zero-order valence-electron chi connectivity index (χ0n) is 25.4. The molecule has 5 rings (SSSR count). The van der Waals surface area contributed by atoms with Crippen LogP contribution in [0.5, 0.6) is 11.5 Å². The van der Waals surface area contributed by atoms with Crippen molar-refractivity contribution in [3.63, 3.8) is 0 Å². The molecule has 1 aromatic heterocycles. The van der Waals surface area contributed by atoms with Crippen molar-refractivity contribution in [2.45, 2.75) is 39.8 Å². The van der Waals surface area contributed by atoms with Crippen LogP contribution >= 0.6 is 11.3 Å². The number of hydrogen-bond acceptors (Lipinski definition) is 8. The smallest absolute Gasteiger partial charge is 0.338 e. The molecule has 8 nitrogen and oxygen atoms in total. The molecule has 0 bridgehead atoms. The van der Waals surface area contributed by atoms with Gasteiger partial charge < -0.3 is 18.9 Å². The summed E-state index contributed by atoms with van der Waals surface area (Å²) in [6.45, 7) is 7.16. The first-order valence-electron chi connectivity index (χ1n) is 14.6. The molecule has 1 aliphatic heterocycles. The number of esters is 1. The highest BCUT2D eigenvalue weighted by Crippen LogP contribution is 2.36. The van der Waals surface area contributed by atoms with Gasteiger partial charge in [-0.2, -0.15) is 0 Å². The second-order valence-corrected chi connectivity index (χ2v) is 11.5. The van der Waals surface area contributed by atoms with Gasteiger partial charge in [0.25, 0.3) is 5.56 Å². The number of aryl methyl sites for hydroxylation is 1. The fraction of sp³-hybridized carbons (Fsp3) is 0.286. The Labute approximate surface area is 260 Å².